The van der Waals surface area contributed by atoms with Crippen LogP contribution in [-0.4, -0.2) is 54.6 Å². The first-order valence-corrected chi connectivity index (χ1v) is 8.89. The van der Waals surface area contributed by atoms with Crippen LogP contribution in [0.4, 0.5) is 0 Å². The zero-order valence-corrected chi connectivity index (χ0v) is 13.3. The normalized spacial score (nSPS) is 38.4. The molecule has 0 aromatic heterocycles. The van der Waals surface area contributed by atoms with Crippen molar-refractivity contribution in [1.82, 2.24) is 9.80 Å². The maximum absolute atomic E-state index is 6.34. The van der Waals surface area contributed by atoms with E-state index in [0.717, 1.165) is 6.04 Å². The molecule has 2 saturated heterocycles. The quantitative estimate of drug-likeness (QED) is 0.861. The molecule has 2 heterocycles. The van der Waals surface area contributed by atoms with Gasteiger partial charge in [-0.3, -0.25) is 0 Å². The number of piperidine rings is 2. The second-order valence-corrected chi connectivity index (χ2v) is 7.76. The SMILES string of the molecule is CC1(CN2CCC(N3CCCCC3)CC2)CCCC1N. The molecule has 2 aliphatic heterocycles. The molecule has 3 rings (SSSR count). The van der Waals surface area contributed by atoms with Gasteiger partial charge in [-0.15, -0.1) is 0 Å². The third kappa shape index (κ3) is 3.20. The summed E-state index contributed by atoms with van der Waals surface area (Å²) in [5, 5.41) is 0. The Morgan fingerprint density at radius 3 is 2.25 bits per heavy atom. The Morgan fingerprint density at radius 1 is 0.950 bits per heavy atom. The van der Waals surface area contributed by atoms with Gasteiger partial charge < -0.3 is 15.5 Å². The summed E-state index contributed by atoms with van der Waals surface area (Å²) < 4.78 is 0. The van der Waals surface area contributed by atoms with Crippen molar-refractivity contribution in [2.75, 3.05) is 32.7 Å². The van der Waals surface area contributed by atoms with Crippen molar-refractivity contribution in [3.63, 3.8) is 0 Å². The highest BCUT2D eigenvalue weighted by Crippen LogP contribution is 2.38. The molecule has 0 bridgehead atoms. The second-order valence-electron chi connectivity index (χ2n) is 7.76. The molecule has 1 saturated carbocycles. The van der Waals surface area contributed by atoms with E-state index in [4.69, 9.17) is 5.73 Å². The van der Waals surface area contributed by atoms with E-state index in [9.17, 15) is 0 Å². The van der Waals surface area contributed by atoms with Crippen LogP contribution in [0.5, 0.6) is 0 Å². The number of likely N-dealkylation sites (tertiary alicyclic amines) is 2. The molecule has 3 fully saturated rings. The third-order valence-corrected chi connectivity index (χ3v) is 6.21. The smallest absolute Gasteiger partial charge is 0.0120 e. The summed E-state index contributed by atoms with van der Waals surface area (Å²) in [6, 6.07) is 1.30. The van der Waals surface area contributed by atoms with E-state index in [1.807, 2.05) is 0 Å². The molecule has 0 aromatic rings. The zero-order chi connectivity index (χ0) is 14.0. The topological polar surface area (TPSA) is 32.5 Å². The fourth-order valence-electron chi connectivity index (χ4n) is 4.69. The second kappa shape index (κ2) is 6.33. The number of hydrogen-bond acceptors (Lipinski definition) is 3. The first-order chi connectivity index (χ1) is 9.67. The van der Waals surface area contributed by atoms with Crippen LogP contribution < -0.4 is 5.73 Å². The van der Waals surface area contributed by atoms with Gasteiger partial charge in [-0.2, -0.15) is 0 Å². The van der Waals surface area contributed by atoms with Crippen LogP contribution in [0, 0.1) is 5.41 Å². The lowest BCUT2D eigenvalue weighted by molar-refractivity contribution is 0.0682. The fraction of sp³-hybridized carbons (Fsp3) is 1.00. The molecular formula is C17H33N3. The van der Waals surface area contributed by atoms with Gasteiger partial charge >= 0.3 is 0 Å². The summed E-state index contributed by atoms with van der Waals surface area (Å²) in [4.78, 5) is 5.47. The molecule has 0 radical (unpaired) electrons. The molecule has 20 heavy (non-hydrogen) atoms. The van der Waals surface area contributed by atoms with Gasteiger partial charge in [0.05, 0.1) is 0 Å². The van der Waals surface area contributed by atoms with Crippen LogP contribution >= 0.6 is 0 Å². The van der Waals surface area contributed by atoms with Gasteiger partial charge in [0.1, 0.15) is 0 Å². The maximum atomic E-state index is 6.34. The first-order valence-electron chi connectivity index (χ1n) is 8.89. The molecule has 0 amide bonds. The van der Waals surface area contributed by atoms with Crippen molar-refractivity contribution in [1.29, 1.82) is 0 Å². The van der Waals surface area contributed by atoms with Crippen LogP contribution in [0.3, 0.4) is 0 Å². The highest BCUT2D eigenvalue weighted by atomic mass is 15.2. The van der Waals surface area contributed by atoms with E-state index in [-0.39, 0.29) is 0 Å². The summed E-state index contributed by atoms with van der Waals surface area (Å²) in [5.41, 5.74) is 6.73. The maximum Gasteiger partial charge on any atom is 0.0120 e. The van der Waals surface area contributed by atoms with Crippen molar-refractivity contribution in [2.24, 2.45) is 11.1 Å². The van der Waals surface area contributed by atoms with Gasteiger partial charge in [0.15, 0.2) is 0 Å². The number of hydrogen-bond donors (Lipinski definition) is 1. The minimum atomic E-state index is 0.387. The van der Waals surface area contributed by atoms with E-state index >= 15 is 0 Å². The minimum Gasteiger partial charge on any atom is -0.327 e. The molecule has 3 nitrogen and oxygen atoms in total. The largest absolute Gasteiger partial charge is 0.327 e. The Balaban J connectivity index is 1.46. The van der Waals surface area contributed by atoms with Gasteiger partial charge in [-0.1, -0.05) is 19.8 Å². The third-order valence-electron chi connectivity index (χ3n) is 6.21. The molecular weight excluding hydrogens is 246 g/mol. The molecule has 2 unspecified atom stereocenters. The van der Waals surface area contributed by atoms with E-state index in [2.05, 4.69) is 16.7 Å². The highest BCUT2D eigenvalue weighted by molar-refractivity contribution is 4.94. The fourth-order valence-corrected chi connectivity index (χ4v) is 4.69. The van der Waals surface area contributed by atoms with E-state index in [1.165, 1.54) is 84.1 Å². The van der Waals surface area contributed by atoms with Crippen LogP contribution in [0.1, 0.15) is 58.3 Å². The van der Waals surface area contributed by atoms with Gasteiger partial charge in [0.25, 0.3) is 0 Å². The number of nitrogens with zero attached hydrogens (tertiary/aromatic N) is 2. The van der Waals surface area contributed by atoms with Crippen molar-refractivity contribution in [3.05, 3.63) is 0 Å². The standard InChI is InChI=1S/C17H33N3/c1-17(9-5-6-16(17)18)14-19-12-7-15(8-13-19)20-10-3-2-4-11-20/h15-16H,2-14,18H2,1H3. The molecule has 0 spiro atoms. The number of rotatable bonds is 3. The van der Waals surface area contributed by atoms with Crippen LogP contribution in [0.15, 0.2) is 0 Å². The zero-order valence-electron chi connectivity index (χ0n) is 13.3. The van der Waals surface area contributed by atoms with Gasteiger partial charge in [-0.05, 0) is 70.1 Å². The summed E-state index contributed by atoms with van der Waals surface area (Å²) in [6.45, 7) is 8.95. The summed E-state index contributed by atoms with van der Waals surface area (Å²) in [7, 11) is 0. The average Bonchev–Trinajstić information content (AvgIpc) is 2.80. The van der Waals surface area contributed by atoms with E-state index in [0.29, 0.717) is 11.5 Å². The minimum absolute atomic E-state index is 0.387. The summed E-state index contributed by atoms with van der Waals surface area (Å²) >= 11 is 0. The molecule has 3 heteroatoms. The monoisotopic (exact) mass is 279 g/mol. The first kappa shape index (κ1) is 14.8. The summed E-state index contributed by atoms with van der Waals surface area (Å²) in [5.74, 6) is 0. The van der Waals surface area contributed by atoms with Crippen molar-refractivity contribution < 1.29 is 0 Å². The predicted molar refractivity (Wildman–Crippen MR) is 84.8 cm³/mol. The Bertz CT molecular complexity index is 305. The average molecular weight is 279 g/mol. The lowest BCUT2D eigenvalue weighted by Crippen LogP contribution is -2.50. The van der Waals surface area contributed by atoms with E-state index < -0.39 is 0 Å². The molecule has 0 aromatic carbocycles. The summed E-state index contributed by atoms with van der Waals surface area (Å²) in [6.07, 6.45) is 11.0. The number of nitrogens with two attached hydrogens (primary N) is 1. The van der Waals surface area contributed by atoms with Gasteiger partial charge in [0, 0.05) is 18.6 Å². The van der Waals surface area contributed by atoms with Crippen LogP contribution in [0.25, 0.3) is 0 Å². The Morgan fingerprint density at radius 2 is 1.65 bits per heavy atom. The Kier molecular flexibility index (Phi) is 4.68. The van der Waals surface area contributed by atoms with Crippen LogP contribution in [-0.2, 0) is 0 Å². The molecule has 3 aliphatic rings. The Labute approximate surface area is 124 Å². The predicted octanol–water partition coefficient (Wildman–Crippen LogP) is 2.45. The lowest BCUT2D eigenvalue weighted by Gasteiger charge is -2.43. The van der Waals surface area contributed by atoms with Crippen LogP contribution in [0.2, 0.25) is 0 Å². The molecule has 2 atom stereocenters. The lowest BCUT2D eigenvalue weighted by atomic mass is 9.84. The van der Waals surface area contributed by atoms with Gasteiger partial charge in [0.2, 0.25) is 0 Å². The van der Waals surface area contributed by atoms with E-state index in [1.54, 1.807) is 0 Å². The molecule has 1 aliphatic carbocycles. The van der Waals surface area contributed by atoms with Crippen molar-refractivity contribution >= 4 is 0 Å². The van der Waals surface area contributed by atoms with Crippen molar-refractivity contribution in [3.8, 4) is 0 Å². The van der Waals surface area contributed by atoms with Gasteiger partial charge in [-0.25, -0.2) is 0 Å². The Hall–Kier alpha value is -0.120. The van der Waals surface area contributed by atoms with Crippen molar-refractivity contribution in [2.45, 2.75) is 70.4 Å². The molecule has 116 valence electrons. The highest BCUT2D eigenvalue weighted by Gasteiger charge is 2.38. The molecule has 2 N–H and O–H groups in total.